The fraction of sp³-hybridized carbons (Fsp3) is 0.348. The van der Waals surface area contributed by atoms with Crippen molar-refractivity contribution in [2.45, 2.75) is 45.6 Å². The molecule has 1 amide bonds. The van der Waals surface area contributed by atoms with Gasteiger partial charge >= 0.3 is 0 Å². The van der Waals surface area contributed by atoms with E-state index in [9.17, 15) is 9.90 Å². The van der Waals surface area contributed by atoms with Crippen molar-refractivity contribution >= 4 is 22.5 Å². The van der Waals surface area contributed by atoms with Gasteiger partial charge in [0.15, 0.2) is 0 Å². The Hall–Kier alpha value is -2.59. The van der Waals surface area contributed by atoms with Crippen molar-refractivity contribution in [3.05, 3.63) is 65.4 Å². The van der Waals surface area contributed by atoms with Crippen molar-refractivity contribution in [3.63, 3.8) is 0 Å². The zero-order valence-corrected chi connectivity index (χ0v) is 15.9. The Bertz CT molecular complexity index is 968. The number of fused-ring (bicyclic) bond motifs is 1. The maximum atomic E-state index is 12.4. The fourth-order valence-corrected chi connectivity index (χ4v) is 3.43. The summed E-state index contributed by atoms with van der Waals surface area (Å²) < 4.78 is 0. The van der Waals surface area contributed by atoms with Crippen LogP contribution in [0.3, 0.4) is 0 Å². The number of nitrogens with one attached hydrogen (secondary N) is 2. The number of aryl methyl sites for hydroxylation is 1. The molecular formula is C23H26N2O2. The first-order valence-electron chi connectivity index (χ1n) is 9.58. The number of rotatable bonds is 6. The number of amides is 1. The van der Waals surface area contributed by atoms with Crippen LogP contribution in [-0.4, -0.2) is 22.1 Å². The molecule has 1 aromatic heterocycles. The van der Waals surface area contributed by atoms with Gasteiger partial charge in [-0.05, 0) is 55.9 Å². The summed E-state index contributed by atoms with van der Waals surface area (Å²) in [4.78, 5) is 15.6. The highest BCUT2D eigenvalue weighted by atomic mass is 16.3. The maximum absolute atomic E-state index is 12.4. The van der Waals surface area contributed by atoms with E-state index in [0.29, 0.717) is 12.8 Å². The van der Waals surface area contributed by atoms with Gasteiger partial charge in [0.05, 0.1) is 11.8 Å². The molecular weight excluding hydrogens is 336 g/mol. The van der Waals surface area contributed by atoms with Crippen molar-refractivity contribution < 1.29 is 9.90 Å². The Labute approximate surface area is 159 Å². The number of aliphatic hydroxyl groups excluding tert-OH is 1. The second-order valence-corrected chi connectivity index (χ2v) is 8.14. The van der Waals surface area contributed by atoms with Gasteiger partial charge < -0.3 is 15.4 Å². The van der Waals surface area contributed by atoms with E-state index in [-0.39, 0.29) is 11.3 Å². The van der Waals surface area contributed by atoms with Crippen molar-refractivity contribution in [3.8, 4) is 0 Å². The van der Waals surface area contributed by atoms with Gasteiger partial charge in [0, 0.05) is 22.5 Å². The van der Waals surface area contributed by atoms with E-state index in [1.807, 2.05) is 25.3 Å². The van der Waals surface area contributed by atoms with E-state index >= 15 is 0 Å². The SMILES string of the molecule is Cc1ccc(CC(O)Cc2ccc3[nH]cc(NC(=O)C4(C)CC4)c3c2)cc1. The minimum Gasteiger partial charge on any atom is -0.392 e. The van der Waals surface area contributed by atoms with Crippen LogP contribution in [0.25, 0.3) is 10.9 Å². The molecule has 0 bridgehead atoms. The van der Waals surface area contributed by atoms with Gasteiger partial charge in [-0.25, -0.2) is 0 Å². The molecule has 4 rings (SSSR count). The normalized spacial score (nSPS) is 16.3. The molecule has 0 radical (unpaired) electrons. The Morgan fingerprint density at radius 3 is 2.52 bits per heavy atom. The van der Waals surface area contributed by atoms with Crippen molar-refractivity contribution in [2.24, 2.45) is 5.41 Å². The van der Waals surface area contributed by atoms with Gasteiger partial charge in [-0.15, -0.1) is 0 Å². The highest BCUT2D eigenvalue weighted by Crippen LogP contribution is 2.46. The highest BCUT2D eigenvalue weighted by Gasteiger charge is 2.45. The first kappa shape index (κ1) is 17.8. The van der Waals surface area contributed by atoms with E-state index in [0.717, 1.165) is 40.6 Å². The summed E-state index contributed by atoms with van der Waals surface area (Å²) in [6.45, 7) is 4.07. The molecule has 1 aliphatic carbocycles. The third-order valence-corrected chi connectivity index (χ3v) is 5.61. The molecule has 4 heteroatoms. The van der Waals surface area contributed by atoms with Crippen LogP contribution in [0, 0.1) is 12.3 Å². The van der Waals surface area contributed by atoms with Gasteiger partial charge in [-0.1, -0.05) is 42.8 Å². The van der Waals surface area contributed by atoms with E-state index < -0.39 is 6.10 Å². The monoisotopic (exact) mass is 362 g/mol. The van der Waals surface area contributed by atoms with Crippen molar-refractivity contribution in [1.29, 1.82) is 0 Å². The zero-order valence-electron chi connectivity index (χ0n) is 15.9. The average Bonchev–Trinajstić information content (AvgIpc) is 3.28. The molecule has 1 fully saturated rings. The molecule has 1 atom stereocenters. The van der Waals surface area contributed by atoms with E-state index in [1.54, 1.807) is 0 Å². The number of benzene rings is 2. The summed E-state index contributed by atoms with van der Waals surface area (Å²) in [6, 6.07) is 14.4. The summed E-state index contributed by atoms with van der Waals surface area (Å²) >= 11 is 0. The molecule has 3 aromatic rings. The molecule has 1 aliphatic rings. The average molecular weight is 362 g/mol. The largest absolute Gasteiger partial charge is 0.392 e. The molecule has 2 aromatic carbocycles. The summed E-state index contributed by atoms with van der Waals surface area (Å²) in [6.07, 6.45) is 4.54. The van der Waals surface area contributed by atoms with Crippen LogP contribution < -0.4 is 5.32 Å². The number of aromatic amines is 1. The molecule has 4 nitrogen and oxygen atoms in total. The zero-order chi connectivity index (χ0) is 19.0. The van der Waals surface area contributed by atoms with Crippen LogP contribution in [-0.2, 0) is 17.6 Å². The number of hydrogen-bond donors (Lipinski definition) is 3. The van der Waals surface area contributed by atoms with Crippen LogP contribution in [0.5, 0.6) is 0 Å². The highest BCUT2D eigenvalue weighted by molar-refractivity contribution is 6.04. The van der Waals surface area contributed by atoms with Crippen molar-refractivity contribution in [2.75, 3.05) is 5.32 Å². The van der Waals surface area contributed by atoms with Gasteiger partial charge in [0.1, 0.15) is 0 Å². The maximum Gasteiger partial charge on any atom is 0.230 e. The van der Waals surface area contributed by atoms with Gasteiger partial charge in [0.2, 0.25) is 5.91 Å². The number of carbonyl (C=O) groups is 1. The number of aromatic nitrogens is 1. The topological polar surface area (TPSA) is 65.1 Å². The van der Waals surface area contributed by atoms with Gasteiger partial charge in [-0.3, -0.25) is 4.79 Å². The second kappa shape index (κ2) is 6.86. The number of aliphatic hydroxyl groups is 1. The lowest BCUT2D eigenvalue weighted by atomic mass is 9.99. The molecule has 0 saturated heterocycles. The minimum absolute atomic E-state index is 0.0909. The van der Waals surface area contributed by atoms with E-state index in [4.69, 9.17) is 0 Å². The molecule has 1 unspecified atom stereocenters. The van der Waals surface area contributed by atoms with Gasteiger partial charge in [0.25, 0.3) is 0 Å². The number of carbonyl (C=O) groups excluding carboxylic acids is 1. The van der Waals surface area contributed by atoms with Crippen LogP contribution in [0.2, 0.25) is 0 Å². The molecule has 1 saturated carbocycles. The smallest absolute Gasteiger partial charge is 0.230 e. The summed E-state index contributed by atoms with van der Waals surface area (Å²) in [5.74, 6) is 0.0909. The number of anilines is 1. The number of H-pyrrole nitrogens is 1. The predicted molar refractivity (Wildman–Crippen MR) is 109 cm³/mol. The Kier molecular flexibility index (Phi) is 4.52. The summed E-state index contributed by atoms with van der Waals surface area (Å²) in [5.41, 5.74) is 5.03. The summed E-state index contributed by atoms with van der Waals surface area (Å²) in [7, 11) is 0. The van der Waals surface area contributed by atoms with E-state index in [1.165, 1.54) is 5.56 Å². The van der Waals surface area contributed by atoms with Crippen LogP contribution in [0.15, 0.2) is 48.7 Å². The molecule has 0 aliphatic heterocycles. The third kappa shape index (κ3) is 3.91. The molecule has 140 valence electrons. The Morgan fingerprint density at radius 2 is 1.81 bits per heavy atom. The van der Waals surface area contributed by atoms with Crippen LogP contribution in [0.1, 0.15) is 36.5 Å². The molecule has 27 heavy (non-hydrogen) atoms. The lowest BCUT2D eigenvalue weighted by molar-refractivity contribution is -0.120. The molecule has 3 N–H and O–H groups in total. The predicted octanol–water partition coefficient (Wildman–Crippen LogP) is 4.36. The molecule has 1 heterocycles. The first-order chi connectivity index (χ1) is 12.9. The third-order valence-electron chi connectivity index (χ3n) is 5.61. The quantitative estimate of drug-likeness (QED) is 0.610. The van der Waals surface area contributed by atoms with Gasteiger partial charge in [-0.2, -0.15) is 0 Å². The molecule has 0 spiro atoms. The lowest BCUT2D eigenvalue weighted by Gasteiger charge is -2.12. The Morgan fingerprint density at radius 1 is 1.15 bits per heavy atom. The fourth-order valence-electron chi connectivity index (χ4n) is 3.43. The van der Waals surface area contributed by atoms with Crippen LogP contribution >= 0.6 is 0 Å². The Balaban J connectivity index is 1.48. The first-order valence-corrected chi connectivity index (χ1v) is 9.58. The summed E-state index contributed by atoms with van der Waals surface area (Å²) in [5, 5.41) is 14.6. The number of hydrogen-bond acceptors (Lipinski definition) is 2. The lowest BCUT2D eigenvalue weighted by Crippen LogP contribution is -2.21. The second-order valence-electron chi connectivity index (χ2n) is 8.14. The van der Waals surface area contributed by atoms with E-state index in [2.05, 4.69) is 47.6 Å². The van der Waals surface area contributed by atoms with Crippen molar-refractivity contribution in [1.82, 2.24) is 4.98 Å². The standard InChI is InChI=1S/C23H26N2O2/c1-15-3-5-16(6-4-15)11-18(26)12-17-7-8-20-19(13-17)21(14-24-20)25-22(27)23(2)9-10-23/h3-8,13-14,18,24,26H,9-12H2,1-2H3,(H,25,27). The van der Waals surface area contributed by atoms with Crippen LogP contribution in [0.4, 0.5) is 5.69 Å². The minimum atomic E-state index is -0.437.